The fraction of sp³-hybridized carbons (Fsp3) is 0.471. The van der Waals surface area contributed by atoms with Gasteiger partial charge in [-0.15, -0.1) is 0 Å². The van der Waals surface area contributed by atoms with Gasteiger partial charge in [-0.05, 0) is 42.3 Å². The summed E-state index contributed by atoms with van der Waals surface area (Å²) in [5.74, 6) is 2.70. The fourth-order valence-electron chi connectivity index (χ4n) is 3.83. The van der Waals surface area contributed by atoms with Gasteiger partial charge in [0.2, 0.25) is 10.0 Å². The molecule has 4 rings (SSSR count). The molecule has 3 N–H and O–H groups in total. The first-order valence-corrected chi connectivity index (χ1v) is 10.5. The first kappa shape index (κ1) is 17.6. The number of aromatic nitrogens is 2. The molecule has 2 aromatic rings. The van der Waals surface area contributed by atoms with E-state index < -0.39 is 17.1 Å². The molecule has 1 aliphatic carbocycles. The summed E-state index contributed by atoms with van der Waals surface area (Å²) in [5, 5.41) is 11.0. The zero-order valence-electron chi connectivity index (χ0n) is 14.8. The van der Waals surface area contributed by atoms with Crippen molar-refractivity contribution in [1.29, 1.82) is 0 Å². The van der Waals surface area contributed by atoms with Gasteiger partial charge in [-0.1, -0.05) is 13.8 Å². The van der Waals surface area contributed by atoms with Crippen LogP contribution in [0.15, 0.2) is 24.4 Å². The van der Waals surface area contributed by atoms with Crippen LogP contribution >= 0.6 is 0 Å². The van der Waals surface area contributed by atoms with Crippen LogP contribution < -0.4 is 9.38 Å². The van der Waals surface area contributed by atoms with Crippen LogP contribution in [0.4, 0.5) is 0 Å². The summed E-state index contributed by atoms with van der Waals surface area (Å²) in [6.07, 6.45) is 4.86. The maximum atomic E-state index is 12.1. The molecule has 3 heterocycles. The summed E-state index contributed by atoms with van der Waals surface area (Å²) in [6.45, 7) is 3.79. The van der Waals surface area contributed by atoms with Crippen LogP contribution in [0.5, 0.6) is 5.75 Å². The number of pyridine rings is 1. The quantitative estimate of drug-likeness (QED) is 0.691. The third-order valence-electron chi connectivity index (χ3n) is 4.89. The molecule has 0 radical (unpaired) electrons. The van der Waals surface area contributed by atoms with Crippen molar-refractivity contribution in [1.82, 2.24) is 14.7 Å². The van der Waals surface area contributed by atoms with E-state index in [0.717, 1.165) is 22.2 Å². The Bertz CT molecular complexity index is 964. The van der Waals surface area contributed by atoms with Gasteiger partial charge in [0.1, 0.15) is 11.4 Å². The number of H-pyrrole nitrogens is 1. The standard InChI is InChI=1S/C17H22BN3O4S/c1-10(2)9-26(23,24)21-12-5-11(6-12)14-7-18(22)25-15-8-20-17-13(16(14)15)3-4-19-17/h3-4,7-8,10-12,21-22H,5-6,9H2,1-2H3,(H,19,20). The molecule has 2 aromatic heterocycles. The van der Waals surface area contributed by atoms with E-state index in [9.17, 15) is 13.4 Å². The second-order valence-corrected chi connectivity index (χ2v) is 9.32. The summed E-state index contributed by atoms with van der Waals surface area (Å²) in [7, 11) is -4.26. The van der Waals surface area contributed by atoms with Crippen LogP contribution in [0.2, 0.25) is 0 Å². The van der Waals surface area contributed by atoms with Crippen LogP contribution in [0.1, 0.15) is 32.3 Å². The first-order valence-electron chi connectivity index (χ1n) is 8.85. The van der Waals surface area contributed by atoms with Crippen LogP contribution in [0.3, 0.4) is 0 Å². The highest BCUT2D eigenvalue weighted by Gasteiger charge is 2.39. The number of hydrogen-bond acceptors (Lipinski definition) is 5. The smallest absolute Gasteiger partial charge is 0.531 e. The van der Waals surface area contributed by atoms with Crippen LogP contribution in [0.25, 0.3) is 16.6 Å². The van der Waals surface area contributed by atoms with Crippen molar-refractivity contribution in [3.63, 3.8) is 0 Å². The van der Waals surface area contributed by atoms with Gasteiger partial charge in [0, 0.05) is 23.2 Å². The van der Waals surface area contributed by atoms with E-state index >= 15 is 0 Å². The Kier molecular flexibility index (Phi) is 4.33. The first-order chi connectivity index (χ1) is 12.3. The lowest BCUT2D eigenvalue weighted by atomic mass is 9.68. The molecule has 1 fully saturated rings. The molecule has 0 unspecified atom stereocenters. The van der Waals surface area contributed by atoms with E-state index in [1.165, 1.54) is 0 Å². The lowest BCUT2D eigenvalue weighted by Crippen LogP contribution is -2.46. The second kappa shape index (κ2) is 6.40. The van der Waals surface area contributed by atoms with Gasteiger partial charge >= 0.3 is 7.12 Å². The Morgan fingerprint density at radius 1 is 1.46 bits per heavy atom. The molecule has 1 saturated carbocycles. The van der Waals surface area contributed by atoms with E-state index in [1.807, 2.05) is 26.1 Å². The molecule has 26 heavy (non-hydrogen) atoms. The monoisotopic (exact) mass is 375 g/mol. The summed E-state index contributed by atoms with van der Waals surface area (Å²) in [4.78, 5) is 7.39. The molecule has 138 valence electrons. The van der Waals surface area contributed by atoms with Crippen LogP contribution in [0, 0.1) is 11.8 Å². The number of nitrogens with zero attached hydrogens (tertiary/aromatic N) is 1. The van der Waals surface area contributed by atoms with Crippen molar-refractivity contribution >= 4 is 33.7 Å². The van der Waals surface area contributed by atoms with Crippen molar-refractivity contribution < 1.29 is 18.1 Å². The van der Waals surface area contributed by atoms with E-state index in [4.69, 9.17) is 4.65 Å². The summed E-state index contributed by atoms with van der Waals surface area (Å²) >= 11 is 0. The average molecular weight is 375 g/mol. The highest BCUT2D eigenvalue weighted by Crippen LogP contribution is 2.46. The van der Waals surface area contributed by atoms with Crippen molar-refractivity contribution in [2.45, 2.75) is 32.7 Å². The maximum absolute atomic E-state index is 12.1. The molecule has 0 spiro atoms. The van der Waals surface area contributed by atoms with Gasteiger partial charge in [0.25, 0.3) is 0 Å². The molecular weight excluding hydrogens is 353 g/mol. The SMILES string of the molecule is CC(C)CS(=O)(=O)NC1CC(C2=CB(O)Oc3cnc4[nH]ccc4c32)C1. The minimum Gasteiger partial charge on any atom is -0.531 e. The van der Waals surface area contributed by atoms with E-state index in [2.05, 4.69) is 14.7 Å². The highest BCUT2D eigenvalue weighted by molar-refractivity contribution is 7.89. The lowest BCUT2D eigenvalue weighted by molar-refractivity contribution is 0.308. The van der Waals surface area contributed by atoms with Gasteiger partial charge in [-0.3, -0.25) is 0 Å². The van der Waals surface area contributed by atoms with Gasteiger partial charge in [0.15, 0.2) is 0 Å². The number of fused-ring (bicyclic) bond motifs is 3. The molecule has 9 heteroatoms. The molecule has 0 atom stereocenters. The molecule has 1 aliphatic heterocycles. The molecule has 7 nitrogen and oxygen atoms in total. The topological polar surface area (TPSA) is 104 Å². The predicted molar refractivity (Wildman–Crippen MR) is 101 cm³/mol. The Morgan fingerprint density at radius 3 is 2.96 bits per heavy atom. The number of allylic oxidation sites excluding steroid dienone is 1. The predicted octanol–water partition coefficient (Wildman–Crippen LogP) is 1.71. The number of rotatable bonds is 5. The van der Waals surface area contributed by atoms with Gasteiger partial charge in [0.05, 0.1) is 11.9 Å². The summed E-state index contributed by atoms with van der Waals surface area (Å²) in [6, 6.07) is 1.88. The summed E-state index contributed by atoms with van der Waals surface area (Å²) < 4.78 is 32.5. The zero-order valence-corrected chi connectivity index (χ0v) is 15.6. The van der Waals surface area contributed by atoms with Crippen LogP contribution in [-0.4, -0.2) is 42.3 Å². The maximum Gasteiger partial charge on any atom is 0.552 e. The molecule has 0 aromatic carbocycles. The zero-order chi connectivity index (χ0) is 18.5. The lowest BCUT2D eigenvalue weighted by Gasteiger charge is -2.39. The Hall–Kier alpha value is -1.84. The van der Waals surface area contributed by atoms with Crippen molar-refractivity contribution in [3.05, 3.63) is 30.0 Å². The molecule has 0 amide bonds. The minimum atomic E-state index is -3.25. The van der Waals surface area contributed by atoms with E-state index in [1.54, 1.807) is 12.2 Å². The third-order valence-corrected chi connectivity index (χ3v) is 6.69. The molecule has 0 bridgehead atoms. The number of aromatic amines is 1. The van der Waals surface area contributed by atoms with Gasteiger partial charge < -0.3 is 14.7 Å². The van der Waals surface area contributed by atoms with Crippen LogP contribution in [-0.2, 0) is 10.0 Å². The number of hydrogen-bond donors (Lipinski definition) is 3. The highest BCUT2D eigenvalue weighted by atomic mass is 32.2. The van der Waals surface area contributed by atoms with E-state index in [0.29, 0.717) is 18.6 Å². The molecule has 0 saturated heterocycles. The normalized spacial score (nSPS) is 22.8. The van der Waals surface area contributed by atoms with Crippen molar-refractivity contribution in [3.8, 4) is 5.75 Å². The third kappa shape index (κ3) is 3.26. The Labute approximate surface area is 153 Å². The minimum absolute atomic E-state index is 0.0587. The Morgan fingerprint density at radius 2 is 2.23 bits per heavy atom. The van der Waals surface area contributed by atoms with E-state index in [-0.39, 0.29) is 23.6 Å². The van der Waals surface area contributed by atoms with Crippen molar-refractivity contribution in [2.24, 2.45) is 11.8 Å². The Balaban J connectivity index is 1.54. The molecule has 2 aliphatic rings. The van der Waals surface area contributed by atoms with Crippen molar-refractivity contribution in [2.75, 3.05) is 5.75 Å². The number of nitrogens with one attached hydrogen (secondary N) is 2. The second-order valence-electron chi connectivity index (χ2n) is 7.53. The van der Waals surface area contributed by atoms with Gasteiger partial charge in [-0.2, -0.15) is 0 Å². The number of sulfonamides is 1. The summed E-state index contributed by atoms with van der Waals surface area (Å²) in [5.41, 5.74) is 2.71. The molecular formula is C17H22BN3O4S. The average Bonchev–Trinajstić information content (AvgIpc) is 2.96. The largest absolute Gasteiger partial charge is 0.552 e. The van der Waals surface area contributed by atoms with Gasteiger partial charge in [-0.25, -0.2) is 18.1 Å². The fourth-order valence-corrected chi connectivity index (χ4v) is 5.50.